The summed E-state index contributed by atoms with van der Waals surface area (Å²) < 4.78 is 5.28. The van der Waals surface area contributed by atoms with E-state index >= 15 is 0 Å². The molecule has 26 heavy (non-hydrogen) atoms. The van der Waals surface area contributed by atoms with E-state index in [-0.39, 0.29) is 5.91 Å². The molecule has 1 N–H and O–H groups in total. The zero-order valence-electron chi connectivity index (χ0n) is 15.2. The Labute approximate surface area is 153 Å². The molecule has 5 heteroatoms. The van der Waals surface area contributed by atoms with Crippen LogP contribution in [0.5, 0.6) is 5.75 Å². The number of hydrogen-bond donors (Lipinski definition) is 1. The van der Waals surface area contributed by atoms with Crippen LogP contribution in [0.2, 0.25) is 0 Å². The molecule has 3 heterocycles. The number of likely N-dealkylation sites (tertiary alicyclic amines) is 1. The van der Waals surface area contributed by atoms with Gasteiger partial charge in [0.2, 0.25) is 0 Å². The largest absolute Gasteiger partial charge is 0.496 e. The van der Waals surface area contributed by atoms with E-state index in [1.165, 1.54) is 5.56 Å². The zero-order chi connectivity index (χ0) is 18.1. The molecule has 1 amide bonds. The van der Waals surface area contributed by atoms with Crippen molar-refractivity contribution in [1.82, 2.24) is 14.9 Å². The number of aromatic nitrogens is 2. The van der Waals surface area contributed by atoms with Crippen molar-refractivity contribution in [2.24, 2.45) is 0 Å². The number of benzene rings is 1. The number of aromatic amines is 1. The van der Waals surface area contributed by atoms with Crippen LogP contribution in [0.3, 0.4) is 0 Å². The minimum Gasteiger partial charge on any atom is -0.496 e. The average molecular weight is 349 g/mol. The molecule has 5 nitrogen and oxygen atoms in total. The lowest BCUT2D eigenvalue weighted by molar-refractivity contribution is 0.0713. The number of nitrogens with zero attached hydrogens (tertiary/aromatic N) is 2. The molecule has 4 rings (SSSR count). The number of fused-ring (bicyclic) bond motifs is 1. The highest BCUT2D eigenvalue weighted by Gasteiger charge is 2.26. The van der Waals surface area contributed by atoms with Crippen LogP contribution in [0.25, 0.3) is 11.0 Å². The molecule has 0 atom stereocenters. The summed E-state index contributed by atoms with van der Waals surface area (Å²) in [4.78, 5) is 22.6. The topological polar surface area (TPSA) is 58.2 Å². The first kappa shape index (κ1) is 16.6. The molecule has 0 bridgehead atoms. The summed E-state index contributed by atoms with van der Waals surface area (Å²) in [5, 5.41) is 0. The quantitative estimate of drug-likeness (QED) is 0.780. The molecular formula is C21H23N3O2. The number of pyridine rings is 1. The first-order chi connectivity index (χ1) is 12.7. The van der Waals surface area contributed by atoms with Gasteiger partial charge in [-0.15, -0.1) is 0 Å². The van der Waals surface area contributed by atoms with Crippen LogP contribution < -0.4 is 4.74 Å². The minimum absolute atomic E-state index is 0.103. The molecule has 1 aliphatic rings. The van der Waals surface area contributed by atoms with Crippen LogP contribution in [-0.4, -0.2) is 41.0 Å². The van der Waals surface area contributed by atoms with Gasteiger partial charge in [0.05, 0.1) is 18.1 Å². The summed E-state index contributed by atoms with van der Waals surface area (Å²) in [6, 6.07) is 9.63. The monoisotopic (exact) mass is 349 g/mol. The van der Waals surface area contributed by atoms with Gasteiger partial charge < -0.3 is 14.6 Å². The van der Waals surface area contributed by atoms with E-state index < -0.39 is 0 Å². The Bertz CT molecular complexity index is 939. The fourth-order valence-corrected chi connectivity index (χ4v) is 3.87. The molecule has 1 aromatic carbocycles. The molecular weight excluding hydrogens is 326 g/mol. The second-order valence-corrected chi connectivity index (χ2v) is 6.89. The van der Waals surface area contributed by atoms with Gasteiger partial charge in [0.25, 0.3) is 5.91 Å². The number of aryl methyl sites for hydroxylation is 1. The molecule has 1 aliphatic heterocycles. The predicted octanol–water partition coefficient (Wildman–Crippen LogP) is 3.90. The van der Waals surface area contributed by atoms with E-state index in [1.807, 2.05) is 42.3 Å². The van der Waals surface area contributed by atoms with E-state index in [9.17, 15) is 4.79 Å². The highest BCUT2D eigenvalue weighted by molar-refractivity contribution is 5.94. The average Bonchev–Trinajstić information content (AvgIpc) is 3.11. The lowest BCUT2D eigenvalue weighted by atomic mass is 9.90. The van der Waals surface area contributed by atoms with Crippen LogP contribution in [-0.2, 0) is 0 Å². The summed E-state index contributed by atoms with van der Waals surface area (Å²) in [6.45, 7) is 3.51. The Kier molecular flexibility index (Phi) is 4.37. The number of H-pyrrole nitrogens is 1. The maximum atomic E-state index is 12.8. The molecule has 0 spiro atoms. The van der Waals surface area contributed by atoms with E-state index in [2.05, 4.69) is 22.2 Å². The molecule has 0 radical (unpaired) electrons. The van der Waals surface area contributed by atoms with Crippen LogP contribution in [0, 0.1) is 6.92 Å². The molecule has 1 saturated heterocycles. The summed E-state index contributed by atoms with van der Waals surface area (Å²) in [6.07, 6.45) is 5.84. The van der Waals surface area contributed by atoms with E-state index in [0.29, 0.717) is 5.92 Å². The molecule has 1 fully saturated rings. The van der Waals surface area contributed by atoms with Crippen molar-refractivity contribution < 1.29 is 9.53 Å². The van der Waals surface area contributed by atoms with Crippen LogP contribution in [0.15, 0.2) is 42.7 Å². The summed E-state index contributed by atoms with van der Waals surface area (Å²) >= 11 is 0. The van der Waals surface area contributed by atoms with Crippen molar-refractivity contribution in [2.45, 2.75) is 25.7 Å². The second-order valence-electron chi connectivity index (χ2n) is 6.89. The number of ether oxygens (including phenoxy) is 1. The van der Waals surface area contributed by atoms with Gasteiger partial charge in [0.15, 0.2) is 0 Å². The maximum Gasteiger partial charge on any atom is 0.253 e. The fourth-order valence-electron chi connectivity index (χ4n) is 3.87. The SMILES string of the molecule is COc1ccc(C(=O)N2CCC(c3c[nH]c4cccnc34)CC2)cc1C. The second kappa shape index (κ2) is 6.83. The Hall–Kier alpha value is -2.82. The number of nitrogens with one attached hydrogen (secondary N) is 1. The Balaban J connectivity index is 1.46. The Morgan fingerprint density at radius 2 is 2.08 bits per heavy atom. The summed E-state index contributed by atoms with van der Waals surface area (Å²) in [5.74, 6) is 1.36. The minimum atomic E-state index is 0.103. The van der Waals surface area contributed by atoms with E-state index in [0.717, 1.165) is 53.8 Å². The fraction of sp³-hybridized carbons (Fsp3) is 0.333. The van der Waals surface area contributed by atoms with Crippen molar-refractivity contribution in [1.29, 1.82) is 0 Å². The van der Waals surface area contributed by atoms with Crippen molar-refractivity contribution in [3.05, 3.63) is 59.4 Å². The Morgan fingerprint density at radius 3 is 2.81 bits per heavy atom. The highest BCUT2D eigenvalue weighted by atomic mass is 16.5. The highest BCUT2D eigenvalue weighted by Crippen LogP contribution is 2.32. The Morgan fingerprint density at radius 1 is 1.27 bits per heavy atom. The number of piperidine rings is 1. The molecule has 3 aromatic rings. The van der Waals surface area contributed by atoms with Gasteiger partial charge in [0.1, 0.15) is 5.75 Å². The summed E-state index contributed by atoms with van der Waals surface area (Å²) in [5.41, 5.74) is 5.12. The molecule has 0 unspecified atom stereocenters. The van der Waals surface area contributed by atoms with Crippen LogP contribution >= 0.6 is 0 Å². The predicted molar refractivity (Wildman–Crippen MR) is 102 cm³/mol. The number of amides is 1. The molecule has 2 aromatic heterocycles. The first-order valence-corrected chi connectivity index (χ1v) is 9.03. The van der Waals surface area contributed by atoms with Crippen LogP contribution in [0.4, 0.5) is 0 Å². The summed E-state index contributed by atoms with van der Waals surface area (Å²) in [7, 11) is 1.65. The first-order valence-electron chi connectivity index (χ1n) is 9.03. The van der Waals surface area contributed by atoms with Crippen molar-refractivity contribution in [3.63, 3.8) is 0 Å². The van der Waals surface area contributed by atoms with Crippen LogP contribution in [0.1, 0.15) is 40.2 Å². The zero-order valence-corrected chi connectivity index (χ0v) is 15.2. The van der Waals surface area contributed by atoms with E-state index in [4.69, 9.17) is 4.74 Å². The lowest BCUT2D eigenvalue weighted by Crippen LogP contribution is -2.37. The number of rotatable bonds is 3. The smallest absolute Gasteiger partial charge is 0.253 e. The molecule has 134 valence electrons. The number of hydrogen-bond acceptors (Lipinski definition) is 3. The van der Waals surface area contributed by atoms with Gasteiger partial charge in [0, 0.05) is 31.0 Å². The van der Waals surface area contributed by atoms with Crippen molar-refractivity contribution in [3.8, 4) is 5.75 Å². The van der Waals surface area contributed by atoms with Crippen molar-refractivity contribution in [2.75, 3.05) is 20.2 Å². The maximum absolute atomic E-state index is 12.8. The van der Waals surface area contributed by atoms with Crippen molar-refractivity contribution >= 4 is 16.9 Å². The van der Waals surface area contributed by atoms with Gasteiger partial charge in [-0.25, -0.2) is 0 Å². The number of carbonyl (C=O) groups is 1. The standard InChI is InChI=1S/C21H23N3O2/c1-14-12-16(5-6-19(14)26-2)21(25)24-10-7-15(8-11-24)17-13-23-18-4-3-9-22-20(17)18/h3-6,9,12-13,15,23H,7-8,10-11H2,1-2H3. The van der Waals surface area contributed by atoms with Gasteiger partial charge in [-0.1, -0.05) is 0 Å². The van der Waals surface area contributed by atoms with E-state index in [1.54, 1.807) is 7.11 Å². The van der Waals surface area contributed by atoms with Gasteiger partial charge in [-0.2, -0.15) is 0 Å². The third-order valence-corrected chi connectivity index (χ3v) is 5.33. The van der Waals surface area contributed by atoms with Gasteiger partial charge >= 0.3 is 0 Å². The number of carbonyl (C=O) groups excluding carboxylic acids is 1. The third kappa shape index (κ3) is 2.94. The molecule has 0 saturated carbocycles. The molecule has 0 aliphatic carbocycles. The van der Waals surface area contributed by atoms with Gasteiger partial charge in [-0.05, 0) is 67.1 Å². The number of methoxy groups -OCH3 is 1. The normalized spacial score (nSPS) is 15.4. The lowest BCUT2D eigenvalue weighted by Gasteiger charge is -2.32. The van der Waals surface area contributed by atoms with Gasteiger partial charge in [-0.3, -0.25) is 9.78 Å². The third-order valence-electron chi connectivity index (χ3n) is 5.33.